The van der Waals surface area contributed by atoms with Crippen molar-refractivity contribution in [2.45, 2.75) is 32.2 Å². The number of aryl methyl sites for hydroxylation is 2. The van der Waals surface area contributed by atoms with Gasteiger partial charge in [-0.2, -0.15) is 0 Å². The van der Waals surface area contributed by atoms with Crippen molar-refractivity contribution in [1.29, 1.82) is 0 Å². The molecule has 1 aliphatic carbocycles. The lowest BCUT2D eigenvalue weighted by atomic mass is 10.1. The molecule has 4 aromatic rings. The van der Waals surface area contributed by atoms with E-state index in [1.54, 1.807) is 18.3 Å². The lowest BCUT2D eigenvalue weighted by Crippen LogP contribution is -2.27. The van der Waals surface area contributed by atoms with Crippen molar-refractivity contribution in [3.05, 3.63) is 89.5 Å². The van der Waals surface area contributed by atoms with E-state index in [9.17, 15) is 9.59 Å². The number of hydrogen-bond donors (Lipinski definition) is 2. The van der Waals surface area contributed by atoms with E-state index in [4.69, 9.17) is 4.98 Å². The number of carbonyl (C=O) groups is 2. The molecular weight excluding hydrogens is 414 g/mol. The molecule has 0 radical (unpaired) electrons. The smallest absolute Gasteiger partial charge is 0.252 e. The van der Waals surface area contributed by atoms with E-state index in [2.05, 4.69) is 27.8 Å². The second-order valence-electron chi connectivity index (χ2n) is 8.24. The van der Waals surface area contributed by atoms with E-state index >= 15 is 0 Å². The van der Waals surface area contributed by atoms with Crippen LogP contribution in [-0.2, 0) is 30.6 Å². The number of para-hydroxylation sites is 2. The Hall–Kier alpha value is -4.00. The van der Waals surface area contributed by atoms with Crippen LogP contribution in [0.25, 0.3) is 11.0 Å². The topological polar surface area (TPSA) is 88.9 Å². The van der Waals surface area contributed by atoms with Gasteiger partial charge in [0, 0.05) is 31.0 Å². The number of pyridine rings is 1. The minimum atomic E-state index is -0.180. The first-order chi connectivity index (χ1) is 16.2. The van der Waals surface area contributed by atoms with Crippen molar-refractivity contribution in [1.82, 2.24) is 19.9 Å². The van der Waals surface area contributed by atoms with Gasteiger partial charge in [-0.05, 0) is 66.8 Å². The van der Waals surface area contributed by atoms with Crippen LogP contribution in [0.2, 0.25) is 0 Å². The number of benzene rings is 2. The summed E-state index contributed by atoms with van der Waals surface area (Å²) in [6.45, 7) is 0.562. The third-order valence-corrected chi connectivity index (χ3v) is 5.98. The fourth-order valence-corrected chi connectivity index (χ4v) is 4.37. The number of anilines is 1. The van der Waals surface area contributed by atoms with Crippen LogP contribution in [-0.4, -0.2) is 32.9 Å². The average Bonchev–Trinajstić information content (AvgIpc) is 3.44. The molecule has 2 amide bonds. The number of rotatable bonds is 7. The quantitative estimate of drug-likeness (QED) is 0.461. The van der Waals surface area contributed by atoms with Crippen molar-refractivity contribution in [2.75, 3.05) is 11.9 Å². The Kier molecular flexibility index (Phi) is 5.85. The largest absolute Gasteiger partial charge is 0.352 e. The summed E-state index contributed by atoms with van der Waals surface area (Å²) in [5.41, 5.74) is 5.77. The maximum absolute atomic E-state index is 12.9. The minimum Gasteiger partial charge on any atom is -0.352 e. The zero-order valence-corrected chi connectivity index (χ0v) is 18.3. The average molecular weight is 440 g/mol. The first-order valence-corrected chi connectivity index (χ1v) is 11.2. The molecule has 2 aromatic carbocycles. The maximum atomic E-state index is 12.9. The second-order valence-corrected chi connectivity index (χ2v) is 8.24. The first kappa shape index (κ1) is 20.9. The predicted octanol–water partition coefficient (Wildman–Crippen LogP) is 3.53. The Bertz CT molecular complexity index is 1310. The fraction of sp³-hybridized carbons (Fsp3) is 0.231. The molecular formula is C26H25N5O2. The highest BCUT2D eigenvalue weighted by Crippen LogP contribution is 2.25. The van der Waals surface area contributed by atoms with E-state index < -0.39 is 0 Å². The molecule has 2 heterocycles. The van der Waals surface area contributed by atoms with Gasteiger partial charge in [0.1, 0.15) is 12.4 Å². The molecule has 0 unspecified atom stereocenters. The summed E-state index contributed by atoms with van der Waals surface area (Å²) < 4.78 is 1.92. The minimum absolute atomic E-state index is 0.100. The normalized spacial score (nSPS) is 12.5. The summed E-state index contributed by atoms with van der Waals surface area (Å²) >= 11 is 0. The summed E-state index contributed by atoms with van der Waals surface area (Å²) in [4.78, 5) is 33.9. The Morgan fingerprint density at radius 1 is 1.00 bits per heavy atom. The van der Waals surface area contributed by atoms with Gasteiger partial charge in [0.25, 0.3) is 5.91 Å². The highest BCUT2D eigenvalue weighted by atomic mass is 16.2. The van der Waals surface area contributed by atoms with Gasteiger partial charge in [-0.1, -0.05) is 18.2 Å². The van der Waals surface area contributed by atoms with Crippen LogP contribution < -0.4 is 10.6 Å². The van der Waals surface area contributed by atoms with E-state index in [0.29, 0.717) is 18.5 Å². The van der Waals surface area contributed by atoms with E-state index in [-0.39, 0.29) is 18.4 Å². The molecule has 0 fully saturated rings. The summed E-state index contributed by atoms with van der Waals surface area (Å²) in [5.74, 6) is 0.476. The second kappa shape index (κ2) is 9.24. The molecule has 0 saturated carbocycles. The van der Waals surface area contributed by atoms with Gasteiger partial charge in [0.05, 0.1) is 16.6 Å². The highest BCUT2D eigenvalue weighted by molar-refractivity contribution is 5.94. The Morgan fingerprint density at radius 3 is 2.76 bits per heavy atom. The van der Waals surface area contributed by atoms with Crippen LogP contribution in [0.3, 0.4) is 0 Å². The predicted molar refractivity (Wildman–Crippen MR) is 127 cm³/mol. The van der Waals surface area contributed by atoms with Crippen LogP contribution in [0.15, 0.2) is 67.0 Å². The molecule has 1 aliphatic rings. The fourth-order valence-electron chi connectivity index (χ4n) is 4.37. The zero-order valence-electron chi connectivity index (χ0n) is 18.3. The summed E-state index contributed by atoms with van der Waals surface area (Å²) in [5, 5.41) is 5.94. The summed E-state index contributed by atoms with van der Waals surface area (Å²) in [6.07, 6.45) is 7.04. The third-order valence-electron chi connectivity index (χ3n) is 5.98. The number of fused-ring (bicyclic) bond motifs is 2. The first-order valence-electron chi connectivity index (χ1n) is 11.2. The van der Waals surface area contributed by atoms with Crippen LogP contribution in [0.4, 0.5) is 5.69 Å². The van der Waals surface area contributed by atoms with Gasteiger partial charge in [-0.25, -0.2) is 4.98 Å². The molecule has 2 aromatic heterocycles. The van der Waals surface area contributed by atoms with Crippen molar-refractivity contribution < 1.29 is 9.59 Å². The molecule has 0 saturated heterocycles. The molecule has 5 rings (SSSR count). The van der Waals surface area contributed by atoms with Gasteiger partial charge < -0.3 is 15.2 Å². The van der Waals surface area contributed by atoms with Gasteiger partial charge in [0.15, 0.2) is 0 Å². The summed E-state index contributed by atoms with van der Waals surface area (Å²) in [7, 11) is 0. The van der Waals surface area contributed by atoms with Crippen LogP contribution in [0.1, 0.15) is 33.7 Å². The highest BCUT2D eigenvalue weighted by Gasteiger charge is 2.16. The van der Waals surface area contributed by atoms with Gasteiger partial charge >= 0.3 is 0 Å². The van der Waals surface area contributed by atoms with Gasteiger partial charge in [0.2, 0.25) is 5.91 Å². The monoisotopic (exact) mass is 439 g/mol. The molecule has 0 spiro atoms. The molecule has 7 heteroatoms. The molecule has 166 valence electrons. The van der Waals surface area contributed by atoms with E-state index in [0.717, 1.165) is 35.4 Å². The van der Waals surface area contributed by atoms with E-state index in [1.807, 2.05) is 34.9 Å². The standard InChI is InChI=1S/C26H25N5O2/c32-25(29-21-11-10-18-5-3-6-19(18)15-21)17-31-23-9-2-1-8-22(23)30-24(31)12-14-28-26(33)20-7-4-13-27-16-20/h1-2,4,7-11,13,15-16H,3,5-6,12,14,17H2,(H,28,33)(H,29,32). The Morgan fingerprint density at radius 2 is 1.88 bits per heavy atom. The number of carbonyl (C=O) groups excluding carboxylic acids is 2. The molecule has 0 aliphatic heterocycles. The third kappa shape index (κ3) is 4.62. The van der Waals surface area contributed by atoms with E-state index in [1.165, 1.54) is 23.7 Å². The number of nitrogens with one attached hydrogen (secondary N) is 2. The van der Waals surface area contributed by atoms with Gasteiger partial charge in [-0.3, -0.25) is 14.6 Å². The van der Waals surface area contributed by atoms with Crippen LogP contribution in [0.5, 0.6) is 0 Å². The van der Waals surface area contributed by atoms with Crippen LogP contribution in [0, 0.1) is 0 Å². The number of nitrogens with zero attached hydrogens (tertiary/aromatic N) is 3. The molecule has 7 nitrogen and oxygen atoms in total. The lowest BCUT2D eigenvalue weighted by Gasteiger charge is -2.11. The molecule has 33 heavy (non-hydrogen) atoms. The van der Waals surface area contributed by atoms with Crippen molar-refractivity contribution >= 4 is 28.5 Å². The van der Waals surface area contributed by atoms with Crippen molar-refractivity contribution in [3.63, 3.8) is 0 Å². The maximum Gasteiger partial charge on any atom is 0.252 e. The SMILES string of the molecule is O=C(Cn1c(CCNC(=O)c2cccnc2)nc2ccccc21)Nc1ccc2c(c1)CCC2. The molecule has 0 atom stereocenters. The summed E-state index contributed by atoms with van der Waals surface area (Å²) in [6, 6.07) is 17.4. The number of aromatic nitrogens is 3. The van der Waals surface area contributed by atoms with Gasteiger partial charge in [-0.15, -0.1) is 0 Å². The Balaban J connectivity index is 1.29. The number of amides is 2. The Labute approximate surface area is 191 Å². The number of imidazole rings is 1. The lowest BCUT2D eigenvalue weighted by molar-refractivity contribution is -0.116. The number of hydrogen-bond acceptors (Lipinski definition) is 4. The zero-order chi connectivity index (χ0) is 22.6. The van der Waals surface area contributed by atoms with Crippen molar-refractivity contribution in [2.24, 2.45) is 0 Å². The molecule has 0 bridgehead atoms. The van der Waals surface area contributed by atoms with Crippen LogP contribution >= 0.6 is 0 Å². The molecule has 2 N–H and O–H groups in total. The van der Waals surface area contributed by atoms with Crippen molar-refractivity contribution in [3.8, 4) is 0 Å².